The van der Waals surface area contributed by atoms with E-state index in [1.807, 2.05) is 11.9 Å². The molecule has 1 aliphatic heterocycles. The Morgan fingerprint density at radius 2 is 2.14 bits per heavy atom. The molecule has 6 nitrogen and oxygen atoms in total. The van der Waals surface area contributed by atoms with Gasteiger partial charge in [0.1, 0.15) is 6.17 Å². The van der Waals surface area contributed by atoms with Crippen LogP contribution in [-0.2, 0) is 0 Å². The quantitative estimate of drug-likeness (QED) is 0.680. The van der Waals surface area contributed by atoms with Crippen molar-refractivity contribution in [1.82, 2.24) is 5.32 Å². The predicted octanol–water partition coefficient (Wildman–Crippen LogP) is 3.19. The number of hydrogen-bond donors (Lipinski definition) is 1. The van der Waals surface area contributed by atoms with Crippen molar-refractivity contribution in [2.75, 3.05) is 11.9 Å². The molecule has 1 amide bonds. The standard InChI is InChI=1S/C13H10ClN3O3S/c1-16-9-3-2-7(14)6-8(9)13(18)15-12(16)10-4-5-11(21-10)17(19)20/h2-6,12H,1H3,(H,15,18)/t12-/m1/s1. The highest BCUT2D eigenvalue weighted by atomic mass is 35.5. The minimum atomic E-state index is -0.438. The van der Waals surface area contributed by atoms with Crippen LogP contribution in [0.25, 0.3) is 0 Å². The molecule has 21 heavy (non-hydrogen) atoms. The minimum Gasteiger partial charge on any atom is -0.349 e. The van der Waals surface area contributed by atoms with E-state index in [9.17, 15) is 14.9 Å². The summed E-state index contributed by atoms with van der Waals surface area (Å²) >= 11 is 6.96. The van der Waals surface area contributed by atoms with E-state index in [0.29, 0.717) is 15.5 Å². The third-order valence-electron chi connectivity index (χ3n) is 3.30. The van der Waals surface area contributed by atoms with Gasteiger partial charge in [0.2, 0.25) is 0 Å². The summed E-state index contributed by atoms with van der Waals surface area (Å²) in [5, 5.41) is 14.2. The van der Waals surface area contributed by atoms with E-state index in [4.69, 9.17) is 11.6 Å². The molecule has 0 saturated heterocycles. The minimum absolute atomic E-state index is 0.0505. The van der Waals surface area contributed by atoms with Crippen LogP contribution < -0.4 is 10.2 Å². The first-order valence-corrected chi connectivity index (χ1v) is 7.24. The monoisotopic (exact) mass is 323 g/mol. The molecule has 108 valence electrons. The Morgan fingerprint density at radius 3 is 2.81 bits per heavy atom. The second-order valence-corrected chi connectivity index (χ2v) is 6.11. The number of amides is 1. The average Bonchev–Trinajstić information content (AvgIpc) is 2.92. The van der Waals surface area contributed by atoms with Gasteiger partial charge in [-0.25, -0.2) is 0 Å². The highest BCUT2D eigenvalue weighted by molar-refractivity contribution is 7.15. The highest BCUT2D eigenvalue weighted by Crippen LogP contribution is 2.37. The molecule has 0 bridgehead atoms. The second kappa shape index (κ2) is 5.01. The number of nitro groups is 1. The Kier molecular flexibility index (Phi) is 3.30. The molecule has 1 aliphatic rings. The van der Waals surface area contributed by atoms with E-state index < -0.39 is 11.1 Å². The number of benzene rings is 1. The molecule has 0 fully saturated rings. The molecule has 2 aromatic rings. The van der Waals surface area contributed by atoms with Crippen molar-refractivity contribution in [3.63, 3.8) is 0 Å². The number of hydrogen-bond acceptors (Lipinski definition) is 5. The van der Waals surface area contributed by atoms with E-state index in [0.717, 1.165) is 17.0 Å². The van der Waals surface area contributed by atoms with Crippen LogP contribution in [0.15, 0.2) is 30.3 Å². The maximum absolute atomic E-state index is 12.2. The fraction of sp³-hybridized carbons (Fsp3) is 0.154. The van der Waals surface area contributed by atoms with Gasteiger partial charge in [0.15, 0.2) is 0 Å². The topological polar surface area (TPSA) is 75.5 Å². The zero-order valence-corrected chi connectivity index (χ0v) is 12.4. The van der Waals surface area contributed by atoms with Crippen LogP contribution in [0.2, 0.25) is 5.02 Å². The van der Waals surface area contributed by atoms with Crippen molar-refractivity contribution < 1.29 is 9.72 Å². The molecule has 3 rings (SSSR count). The van der Waals surface area contributed by atoms with Crippen molar-refractivity contribution in [2.45, 2.75) is 6.17 Å². The van der Waals surface area contributed by atoms with E-state index in [2.05, 4.69) is 5.32 Å². The second-order valence-electron chi connectivity index (χ2n) is 4.58. The van der Waals surface area contributed by atoms with Gasteiger partial charge < -0.3 is 10.2 Å². The average molecular weight is 324 g/mol. The summed E-state index contributed by atoms with van der Waals surface area (Å²) in [7, 11) is 1.82. The first kappa shape index (κ1) is 13.8. The fourth-order valence-corrected chi connectivity index (χ4v) is 3.37. The molecule has 0 unspecified atom stereocenters. The normalized spacial score (nSPS) is 17.3. The summed E-state index contributed by atoms with van der Waals surface area (Å²) in [6.45, 7) is 0. The lowest BCUT2D eigenvalue weighted by atomic mass is 10.1. The van der Waals surface area contributed by atoms with Crippen LogP contribution in [0.3, 0.4) is 0 Å². The molecule has 8 heteroatoms. The molecule has 1 N–H and O–H groups in total. The van der Waals surface area contributed by atoms with Crippen LogP contribution in [0.5, 0.6) is 0 Å². The third-order valence-corrected chi connectivity index (χ3v) is 4.62. The molecule has 0 radical (unpaired) electrons. The van der Waals surface area contributed by atoms with Gasteiger partial charge in [-0.3, -0.25) is 14.9 Å². The molecule has 0 saturated carbocycles. The molecule has 2 heterocycles. The van der Waals surface area contributed by atoms with Crippen molar-refractivity contribution in [3.8, 4) is 0 Å². The van der Waals surface area contributed by atoms with Crippen LogP contribution in [-0.4, -0.2) is 17.9 Å². The zero-order chi connectivity index (χ0) is 15.1. The van der Waals surface area contributed by atoms with Crippen LogP contribution >= 0.6 is 22.9 Å². The molecular weight excluding hydrogens is 314 g/mol. The molecule has 0 spiro atoms. The number of nitrogens with one attached hydrogen (secondary N) is 1. The Balaban J connectivity index is 2.00. The van der Waals surface area contributed by atoms with Crippen LogP contribution in [0.1, 0.15) is 21.4 Å². The Hall–Kier alpha value is -2.12. The van der Waals surface area contributed by atoms with Crippen molar-refractivity contribution >= 4 is 39.5 Å². The largest absolute Gasteiger partial charge is 0.349 e. The van der Waals surface area contributed by atoms with Gasteiger partial charge in [-0.05, 0) is 24.3 Å². The Bertz CT molecular complexity index is 746. The van der Waals surface area contributed by atoms with Gasteiger partial charge in [0.25, 0.3) is 5.91 Å². The number of thiophene rings is 1. The summed E-state index contributed by atoms with van der Waals surface area (Å²) < 4.78 is 0. The third kappa shape index (κ3) is 2.34. The first-order valence-electron chi connectivity index (χ1n) is 6.05. The molecule has 1 aromatic heterocycles. The summed E-state index contributed by atoms with van der Waals surface area (Å²) in [6.07, 6.45) is -0.426. The smallest absolute Gasteiger partial charge is 0.324 e. The van der Waals surface area contributed by atoms with Gasteiger partial charge in [-0.1, -0.05) is 22.9 Å². The van der Waals surface area contributed by atoms with Crippen molar-refractivity contribution in [1.29, 1.82) is 0 Å². The van der Waals surface area contributed by atoms with E-state index in [1.54, 1.807) is 24.3 Å². The number of fused-ring (bicyclic) bond motifs is 1. The maximum Gasteiger partial charge on any atom is 0.324 e. The van der Waals surface area contributed by atoms with Crippen LogP contribution in [0.4, 0.5) is 10.7 Å². The van der Waals surface area contributed by atoms with Gasteiger partial charge in [0.05, 0.1) is 21.1 Å². The summed E-state index contributed by atoms with van der Waals surface area (Å²) in [5.41, 5.74) is 1.23. The summed E-state index contributed by atoms with van der Waals surface area (Å²) in [6, 6.07) is 8.19. The maximum atomic E-state index is 12.2. The zero-order valence-electron chi connectivity index (χ0n) is 10.9. The first-order chi connectivity index (χ1) is 9.97. The predicted molar refractivity (Wildman–Crippen MR) is 81.0 cm³/mol. The van der Waals surface area contributed by atoms with E-state index in [-0.39, 0.29) is 10.9 Å². The number of halogens is 1. The van der Waals surface area contributed by atoms with Gasteiger partial charge in [-0.2, -0.15) is 0 Å². The van der Waals surface area contributed by atoms with E-state index >= 15 is 0 Å². The number of carbonyl (C=O) groups is 1. The number of anilines is 1. The summed E-state index contributed by atoms with van der Waals surface area (Å²) in [4.78, 5) is 25.1. The lowest BCUT2D eigenvalue weighted by Crippen LogP contribution is -2.44. The SMILES string of the molecule is CN1c2ccc(Cl)cc2C(=O)N[C@H]1c1ccc([N+](=O)[O-])s1. The lowest BCUT2D eigenvalue weighted by Gasteiger charge is -2.35. The van der Waals surface area contributed by atoms with Crippen molar-refractivity contribution in [2.24, 2.45) is 0 Å². The fourth-order valence-electron chi connectivity index (χ4n) is 2.28. The molecule has 1 aromatic carbocycles. The molecule has 0 aliphatic carbocycles. The lowest BCUT2D eigenvalue weighted by molar-refractivity contribution is -0.380. The van der Waals surface area contributed by atoms with Crippen LogP contribution in [0, 0.1) is 10.1 Å². The van der Waals surface area contributed by atoms with Crippen molar-refractivity contribution in [3.05, 3.63) is 55.9 Å². The Morgan fingerprint density at radius 1 is 1.38 bits per heavy atom. The van der Waals surface area contributed by atoms with Gasteiger partial charge in [-0.15, -0.1) is 0 Å². The highest BCUT2D eigenvalue weighted by Gasteiger charge is 2.31. The Labute approximate surface area is 129 Å². The van der Waals surface area contributed by atoms with E-state index in [1.165, 1.54) is 6.07 Å². The number of nitrogens with zero attached hydrogens (tertiary/aromatic N) is 2. The molecule has 1 atom stereocenters. The van der Waals surface area contributed by atoms with Gasteiger partial charge >= 0.3 is 5.00 Å². The number of carbonyl (C=O) groups excluding carboxylic acids is 1. The summed E-state index contributed by atoms with van der Waals surface area (Å²) in [5.74, 6) is -0.244. The number of rotatable bonds is 2. The molecular formula is C13H10ClN3O3S. The van der Waals surface area contributed by atoms with Gasteiger partial charge in [0, 0.05) is 18.1 Å².